The van der Waals surface area contributed by atoms with Gasteiger partial charge in [-0.05, 0) is 56.7 Å². The number of alkyl carbamates (subject to hydrolysis) is 1. The Morgan fingerprint density at radius 2 is 1.74 bits per heavy atom. The molecule has 1 N–H and O–H groups in total. The SMILES string of the molecule is CCCCOc1c(CNC(=O)OC(C)(C)C)n(CC(C)(C)C)c(=O)c2ccc(OCC(C)C)cc12. The van der Waals surface area contributed by atoms with Crippen LogP contribution in [0.3, 0.4) is 0 Å². The minimum atomic E-state index is -0.623. The zero-order chi connectivity index (χ0) is 26.4. The third kappa shape index (κ3) is 8.79. The van der Waals surface area contributed by atoms with Gasteiger partial charge in [-0.2, -0.15) is 0 Å². The van der Waals surface area contributed by atoms with Gasteiger partial charge < -0.3 is 24.1 Å². The van der Waals surface area contributed by atoms with E-state index in [1.807, 2.05) is 39.0 Å². The fourth-order valence-corrected chi connectivity index (χ4v) is 3.56. The number of amides is 1. The molecule has 0 saturated carbocycles. The van der Waals surface area contributed by atoms with Crippen molar-refractivity contribution in [1.29, 1.82) is 0 Å². The van der Waals surface area contributed by atoms with Crippen molar-refractivity contribution in [3.05, 3.63) is 34.2 Å². The first-order valence-electron chi connectivity index (χ1n) is 12.6. The summed E-state index contributed by atoms with van der Waals surface area (Å²) in [5, 5.41) is 4.09. The molecule has 0 aliphatic heterocycles. The Kier molecular flexibility index (Phi) is 9.64. The summed E-state index contributed by atoms with van der Waals surface area (Å²) in [6.45, 7) is 19.6. The van der Waals surface area contributed by atoms with Crippen LogP contribution in [0.15, 0.2) is 23.0 Å². The van der Waals surface area contributed by atoms with Gasteiger partial charge in [-0.3, -0.25) is 4.79 Å². The molecule has 1 amide bonds. The summed E-state index contributed by atoms with van der Waals surface area (Å²) in [6.07, 6.45) is 1.32. The van der Waals surface area contributed by atoms with Crippen LogP contribution in [0, 0.1) is 11.3 Å². The minimum absolute atomic E-state index is 0.106. The summed E-state index contributed by atoms with van der Waals surface area (Å²) in [6, 6.07) is 5.52. The maximum Gasteiger partial charge on any atom is 0.407 e. The molecule has 7 heteroatoms. The molecule has 0 aliphatic carbocycles. The number of nitrogens with zero attached hydrogens (tertiary/aromatic N) is 1. The molecule has 2 aromatic rings. The average Bonchev–Trinajstić information content (AvgIpc) is 2.72. The largest absolute Gasteiger partial charge is 0.493 e. The van der Waals surface area contributed by atoms with E-state index in [1.54, 1.807) is 4.57 Å². The fraction of sp³-hybridized carbons (Fsp3) is 0.643. The monoisotopic (exact) mass is 488 g/mol. The van der Waals surface area contributed by atoms with Gasteiger partial charge in [0, 0.05) is 11.9 Å². The second kappa shape index (κ2) is 11.8. The zero-order valence-electron chi connectivity index (χ0n) is 23.0. The number of nitrogens with one attached hydrogen (secondary N) is 1. The van der Waals surface area contributed by atoms with Crippen molar-refractivity contribution < 1.29 is 19.0 Å². The number of hydrogen-bond acceptors (Lipinski definition) is 5. The van der Waals surface area contributed by atoms with E-state index in [9.17, 15) is 9.59 Å². The van der Waals surface area contributed by atoms with Crippen LogP contribution >= 0.6 is 0 Å². The lowest BCUT2D eigenvalue weighted by Gasteiger charge is -2.26. The maximum absolute atomic E-state index is 13.7. The molecule has 0 fully saturated rings. The summed E-state index contributed by atoms with van der Waals surface area (Å²) in [7, 11) is 0. The van der Waals surface area contributed by atoms with Crippen molar-refractivity contribution in [2.24, 2.45) is 11.3 Å². The molecule has 1 aromatic carbocycles. The fourth-order valence-electron chi connectivity index (χ4n) is 3.56. The van der Waals surface area contributed by atoms with Crippen LogP contribution in [0.2, 0.25) is 0 Å². The summed E-state index contributed by atoms with van der Waals surface area (Å²) in [4.78, 5) is 26.2. The molecule has 0 bridgehead atoms. The van der Waals surface area contributed by atoms with Crippen molar-refractivity contribution >= 4 is 16.9 Å². The van der Waals surface area contributed by atoms with E-state index in [0.717, 1.165) is 12.8 Å². The first-order valence-corrected chi connectivity index (χ1v) is 12.6. The molecule has 0 aliphatic rings. The third-order valence-electron chi connectivity index (χ3n) is 5.06. The number of benzene rings is 1. The highest BCUT2D eigenvalue weighted by molar-refractivity contribution is 5.90. The van der Waals surface area contributed by atoms with Gasteiger partial charge in [0.15, 0.2) is 0 Å². The molecule has 1 aromatic heterocycles. The van der Waals surface area contributed by atoms with E-state index in [1.165, 1.54) is 0 Å². The second-order valence-electron chi connectivity index (χ2n) is 11.7. The van der Waals surface area contributed by atoms with Crippen molar-refractivity contribution in [2.75, 3.05) is 13.2 Å². The lowest BCUT2D eigenvalue weighted by Crippen LogP contribution is -2.36. The van der Waals surface area contributed by atoms with Gasteiger partial charge in [-0.15, -0.1) is 0 Å². The Labute approximate surface area is 210 Å². The molecule has 0 radical (unpaired) electrons. The van der Waals surface area contributed by atoms with Crippen molar-refractivity contribution in [3.63, 3.8) is 0 Å². The summed E-state index contributed by atoms with van der Waals surface area (Å²) in [5.74, 6) is 1.66. The number of ether oxygens (including phenoxy) is 3. The van der Waals surface area contributed by atoms with Crippen LogP contribution < -0.4 is 20.3 Å². The molecule has 0 atom stereocenters. The summed E-state index contributed by atoms with van der Waals surface area (Å²) >= 11 is 0. The van der Waals surface area contributed by atoms with E-state index in [0.29, 0.717) is 53.6 Å². The molecular weight excluding hydrogens is 444 g/mol. The van der Waals surface area contributed by atoms with Crippen LogP contribution in [0.5, 0.6) is 11.5 Å². The smallest absolute Gasteiger partial charge is 0.407 e. The number of aromatic nitrogens is 1. The molecule has 35 heavy (non-hydrogen) atoms. The van der Waals surface area contributed by atoms with E-state index >= 15 is 0 Å². The highest BCUT2D eigenvalue weighted by atomic mass is 16.6. The lowest BCUT2D eigenvalue weighted by atomic mass is 9.96. The zero-order valence-corrected chi connectivity index (χ0v) is 23.0. The summed E-state index contributed by atoms with van der Waals surface area (Å²) < 4.78 is 19.4. The topological polar surface area (TPSA) is 78.8 Å². The van der Waals surface area contributed by atoms with Crippen molar-refractivity contribution in [2.45, 2.75) is 93.8 Å². The van der Waals surface area contributed by atoms with Gasteiger partial charge in [-0.25, -0.2) is 4.79 Å². The van der Waals surface area contributed by atoms with Gasteiger partial charge in [0.25, 0.3) is 5.56 Å². The van der Waals surface area contributed by atoms with Crippen LogP contribution in [0.1, 0.15) is 80.8 Å². The van der Waals surface area contributed by atoms with Crippen LogP contribution in [-0.4, -0.2) is 29.5 Å². The lowest BCUT2D eigenvalue weighted by molar-refractivity contribution is 0.0521. The minimum Gasteiger partial charge on any atom is -0.493 e. The number of hydrogen-bond donors (Lipinski definition) is 1. The normalized spacial score (nSPS) is 12.2. The molecule has 196 valence electrons. The molecule has 0 unspecified atom stereocenters. The Balaban J connectivity index is 2.67. The van der Waals surface area contributed by atoms with Gasteiger partial charge >= 0.3 is 6.09 Å². The number of pyridine rings is 1. The van der Waals surface area contributed by atoms with Gasteiger partial charge in [0.2, 0.25) is 0 Å². The number of unbranched alkanes of at least 4 members (excludes halogenated alkanes) is 1. The second-order valence-corrected chi connectivity index (χ2v) is 11.7. The Morgan fingerprint density at radius 3 is 2.31 bits per heavy atom. The van der Waals surface area contributed by atoms with Crippen LogP contribution in [0.25, 0.3) is 10.8 Å². The van der Waals surface area contributed by atoms with Gasteiger partial charge in [0.1, 0.15) is 17.1 Å². The van der Waals surface area contributed by atoms with E-state index < -0.39 is 11.7 Å². The number of carbonyl (C=O) groups is 1. The van der Waals surface area contributed by atoms with Crippen LogP contribution in [-0.2, 0) is 17.8 Å². The quantitative estimate of drug-likeness (QED) is 0.398. The first kappa shape index (κ1) is 28.5. The van der Waals surface area contributed by atoms with Crippen molar-refractivity contribution in [3.8, 4) is 11.5 Å². The van der Waals surface area contributed by atoms with Gasteiger partial charge in [0.05, 0.1) is 30.8 Å². The molecule has 1 heterocycles. The third-order valence-corrected chi connectivity index (χ3v) is 5.06. The van der Waals surface area contributed by atoms with E-state index in [-0.39, 0.29) is 17.5 Å². The Bertz CT molecular complexity index is 1060. The predicted octanol–water partition coefficient (Wildman–Crippen LogP) is 6.29. The van der Waals surface area contributed by atoms with Crippen molar-refractivity contribution in [1.82, 2.24) is 9.88 Å². The molecule has 2 rings (SSSR count). The predicted molar refractivity (Wildman–Crippen MR) is 141 cm³/mol. The Morgan fingerprint density at radius 1 is 1.06 bits per heavy atom. The summed E-state index contributed by atoms with van der Waals surface area (Å²) in [5.41, 5.74) is -0.282. The standard InChI is InChI=1S/C28H44N2O5/c1-10-11-14-33-24-22-15-20(34-17-19(2)3)12-13-21(22)25(31)30(18-27(4,5)6)23(24)16-29-26(32)35-28(7,8)9/h12-13,15,19H,10-11,14,16-18H2,1-9H3,(H,29,32). The number of carbonyl (C=O) groups excluding carboxylic acids is 1. The maximum atomic E-state index is 13.7. The molecular formula is C28H44N2O5. The van der Waals surface area contributed by atoms with E-state index in [4.69, 9.17) is 14.2 Å². The molecule has 0 spiro atoms. The average molecular weight is 489 g/mol. The highest BCUT2D eigenvalue weighted by Crippen LogP contribution is 2.33. The number of rotatable bonds is 10. The molecule has 0 saturated heterocycles. The highest BCUT2D eigenvalue weighted by Gasteiger charge is 2.24. The number of fused-ring (bicyclic) bond motifs is 1. The van der Waals surface area contributed by atoms with Crippen LogP contribution in [0.4, 0.5) is 4.79 Å². The Hall–Kier alpha value is -2.70. The van der Waals surface area contributed by atoms with Gasteiger partial charge in [-0.1, -0.05) is 48.0 Å². The van der Waals surface area contributed by atoms with E-state index in [2.05, 4.69) is 46.9 Å². The molecule has 7 nitrogen and oxygen atoms in total. The first-order chi connectivity index (χ1) is 16.2.